The lowest BCUT2D eigenvalue weighted by Crippen LogP contribution is -2.10. The molecule has 0 aliphatic rings. The van der Waals surface area contributed by atoms with E-state index in [1.807, 2.05) is 6.92 Å². The lowest BCUT2D eigenvalue weighted by molar-refractivity contribution is -0.144. The average Bonchev–Trinajstić information content (AvgIpc) is 2.86. The van der Waals surface area contributed by atoms with Crippen LogP contribution in [0.1, 0.15) is 27.6 Å². The summed E-state index contributed by atoms with van der Waals surface area (Å²) in [7, 11) is 0. The minimum absolute atomic E-state index is 0.274. The highest BCUT2D eigenvalue weighted by molar-refractivity contribution is 5.92. The highest BCUT2D eigenvalue weighted by atomic mass is 16.7. The summed E-state index contributed by atoms with van der Waals surface area (Å²) < 4.78 is 26.0. The molecule has 0 bridgehead atoms. The molecule has 0 heterocycles. The zero-order valence-corrected chi connectivity index (χ0v) is 18.4. The van der Waals surface area contributed by atoms with Crippen LogP contribution < -0.4 is 18.9 Å². The standard InChI is InChI=1S/C26H22O8/c1-3-24(27)32-17-31-21-11-7-19(8-12-21)26(29)34-23-15-13-22(14-16-23)33-25(28)18-5-9-20(10-6-18)30-4-2/h3,5-16H,1,4,17H2,2H3. The predicted molar refractivity (Wildman–Crippen MR) is 122 cm³/mol. The van der Waals surface area contributed by atoms with Crippen molar-refractivity contribution >= 4 is 17.9 Å². The van der Waals surface area contributed by atoms with E-state index in [-0.39, 0.29) is 12.5 Å². The molecule has 0 aliphatic carbocycles. The number of benzene rings is 3. The Morgan fingerprint density at radius 3 is 1.50 bits per heavy atom. The first-order valence-electron chi connectivity index (χ1n) is 10.3. The van der Waals surface area contributed by atoms with Gasteiger partial charge in [-0.25, -0.2) is 14.4 Å². The molecule has 3 aromatic rings. The third-order valence-corrected chi connectivity index (χ3v) is 4.33. The van der Waals surface area contributed by atoms with Gasteiger partial charge in [-0.05, 0) is 79.7 Å². The van der Waals surface area contributed by atoms with E-state index in [4.69, 9.17) is 23.7 Å². The fourth-order valence-corrected chi connectivity index (χ4v) is 2.66. The Kier molecular flexibility index (Phi) is 8.40. The third-order valence-electron chi connectivity index (χ3n) is 4.33. The summed E-state index contributed by atoms with van der Waals surface area (Å²) in [6, 6.07) is 18.8. The highest BCUT2D eigenvalue weighted by Crippen LogP contribution is 2.21. The van der Waals surface area contributed by atoms with Gasteiger partial charge in [-0.1, -0.05) is 6.58 Å². The second-order valence-electron chi connectivity index (χ2n) is 6.66. The Morgan fingerprint density at radius 1 is 0.676 bits per heavy atom. The molecule has 174 valence electrons. The molecule has 8 heteroatoms. The minimum Gasteiger partial charge on any atom is -0.494 e. The number of rotatable bonds is 10. The van der Waals surface area contributed by atoms with Gasteiger partial charge in [0.15, 0.2) is 0 Å². The summed E-state index contributed by atoms with van der Waals surface area (Å²) >= 11 is 0. The Morgan fingerprint density at radius 2 is 1.09 bits per heavy atom. The Labute approximate surface area is 196 Å². The van der Waals surface area contributed by atoms with Gasteiger partial charge in [0.2, 0.25) is 6.79 Å². The molecule has 0 atom stereocenters. The molecule has 0 aromatic heterocycles. The van der Waals surface area contributed by atoms with Crippen LogP contribution in [0.2, 0.25) is 0 Å². The van der Waals surface area contributed by atoms with Crippen LogP contribution in [-0.2, 0) is 9.53 Å². The van der Waals surface area contributed by atoms with E-state index in [0.29, 0.717) is 35.0 Å². The van der Waals surface area contributed by atoms with Gasteiger partial charge in [-0.15, -0.1) is 0 Å². The molecule has 0 fully saturated rings. The third kappa shape index (κ3) is 6.96. The van der Waals surface area contributed by atoms with Crippen molar-refractivity contribution in [1.82, 2.24) is 0 Å². The van der Waals surface area contributed by atoms with Crippen molar-refractivity contribution in [2.75, 3.05) is 13.4 Å². The monoisotopic (exact) mass is 462 g/mol. The molecule has 0 aliphatic heterocycles. The zero-order chi connectivity index (χ0) is 24.3. The second-order valence-corrected chi connectivity index (χ2v) is 6.66. The molecule has 0 saturated carbocycles. The van der Waals surface area contributed by atoms with Crippen LogP contribution in [-0.4, -0.2) is 31.3 Å². The molecule has 0 unspecified atom stereocenters. The highest BCUT2D eigenvalue weighted by Gasteiger charge is 2.11. The van der Waals surface area contributed by atoms with Crippen molar-refractivity contribution in [3.63, 3.8) is 0 Å². The first-order valence-corrected chi connectivity index (χ1v) is 10.3. The van der Waals surface area contributed by atoms with Crippen molar-refractivity contribution in [3.8, 4) is 23.0 Å². The molecular weight excluding hydrogens is 440 g/mol. The van der Waals surface area contributed by atoms with E-state index in [1.165, 1.54) is 36.4 Å². The first kappa shape index (κ1) is 24.1. The molecular formula is C26H22O8. The Hall–Kier alpha value is -4.59. The van der Waals surface area contributed by atoms with Crippen LogP contribution in [0.3, 0.4) is 0 Å². The van der Waals surface area contributed by atoms with E-state index in [2.05, 4.69) is 6.58 Å². The minimum atomic E-state index is -0.600. The number of ether oxygens (including phenoxy) is 5. The van der Waals surface area contributed by atoms with Crippen LogP contribution in [0.5, 0.6) is 23.0 Å². The van der Waals surface area contributed by atoms with E-state index in [0.717, 1.165) is 6.08 Å². The summed E-state index contributed by atoms with van der Waals surface area (Å²) in [6.45, 7) is 5.42. The molecule has 0 N–H and O–H groups in total. The van der Waals surface area contributed by atoms with Crippen LogP contribution in [0, 0.1) is 0 Å². The molecule has 34 heavy (non-hydrogen) atoms. The SMILES string of the molecule is C=CC(=O)OCOc1ccc(C(=O)Oc2ccc(OC(=O)c3ccc(OCC)cc3)cc2)cc1. The number of hydrogen-bond acceptors (Lipinski definition) is 8. The predicted octanol–water partition coefficient (Wildman–Crippen LogP) is 4.59. The van der Waals surface area contributed by atoms with Crippen molar-refractivity contribution < 1.29 is 38.1 Å². The average molecular weight is 462 g/mol. The van der Waals surface area contributed by atoms with Gasteiger partial charge < -0.3 is 23.7 Å². The van der Waals surface area contributed by atoms with E-state index in [1.54, 1.807) is 36.4 Å². The Balaban J connectivity index is 1.51. The number of esters is 3. The molecule has 0 radical (unpaired) electrons. The summed E-state index contributed by atoms with van der Waals surface area (Å²) in [5.74, 6) is -0.0383. The molecule has 0 saturated heterocycles. The number of carbonyl (C=O) groups excluding carboxylic acids is 3. The van der Waals surface area contributed by atoms with Gasteiger partial charge in [0.25, 0.3) is 0 Å². The maximum Gasteiger partial charge on any atom is 0.343 e. The lowest BCUT2D eigenvalue weighted by Gasteiger charge is -2.08. The quantitative estimate of drug-likeness (QED) is 0.187. The second kappa shape index (κ2) is 11.9. The van der Waals surface area contributed by atoms with Crippen LogP contribution >= 0.6 is 0 Å². The molecule has 3 rings (SSSR count). The van der Waals surface area contributed by atoms with Gasteiger partial charge >= 0.3 is 17.9 Å². The molecule has 3 aromatic carbocycles. The maximum atomic E-state index is 12.4. The number of carbonyl (C=O) groups is 3. The normalized spacial score (nSPS) is 10.0. The fourth-order valence-electron chi connectivity index (χ4n) is 2.66. The first-order chi connectivity index (χ1) is 16.5. The Bertz CT molecular complexity index is 1130. The van der Waals surface area contributed by atoms with E-state index >= 15 is 0 Å². The zero-order valence-electron chi connectivity index (χ0n) is 18.4. The summed E-state index contributed by atoms with van der Waals surface area (Å²) in [6.07, 6.45) is 1.03. The van der Waals surface area contributed by atoms with Gasteiger partial charge in [-0.2, -0.15) is 0 Å². The molecule has 0 spiro atoms. The van der Waals surface area contributed by atoms with Crippen LogP contribution in [0.25, 0.3) is 0 Å². The summed E-state index contributed by atoms with van der Waals surface area (Å²) in [4.78, 5) is 35.6. The molecule has 8 nitrogen and oxygen atoms in total. The van der Waals surface area contributed by atoms with Gasteiger partial charge in [0.1, 0.15) is 23.0 Å². The van der Waals surface area contributed by atoms with Crippen molar-refractivity contribution in [2.24, 2.45) is 0 Å². The van der Waals surface area contributed by atoms with Crippen molar-refractivity contribution in [2.45, 2.75) is 6.92 Å². The summed E-state index contributed by atoms with van der Waals surface area (Å²) in [5, 5.41) is 0. The topological polar surface area (TPSA) is 97.4 Å². The van der Waals surface area contributed by atoms with Crippen molar-refractivity contribution in [3.05, 3.63) is 96.6 Å². The van der Waals surface area contributed by atoms with Gasteiger partial charge in [0, 0.05) is 6.08 Å². The largest absolute Gasteiger partial charge is 0.494 e. The van der Waals surface area contributed by atoms with Gasteiger partial charge in [-0.3, -0.25) is 0 Å². The van der Waals surface area contributed by atoms with Crippen LogP contribution in [0.15, 0.2) is 85.5 Å². The lowest BCUT2D eigenvalue weighted by atomic mass is 10.2. The van der Waals surface area contributed by atoms with Crippen molar-refractivity contribution in [1.29, 1.82) is 0 Å². The smallest absolute Gasteiger partial charge is 0.343 e. The molecule has 0 amide bonds. The number of hydrogen-bond donors (Lipinski definition) is 0. The fraction of sp³-hybridized carbons (Fsp3) is 0.115. The van der Waals surface area contributed by atoms with E-state index < -0.39 is 17.9 Å². The van der Waals surface area contributed by atoms with E-state index in [9.17, 15) is 14.4 Å². The maximum absolute atomic E-state index is 12.4. The van der Waals surface area contributed by atoms with Crippen LogP contribution in [0.4, 0.5) is 0 Å². The summed E-state index contributed by atoms with van der Waals surface area (Å²) in [5.41, 5.74) is 0.673. The van der Waals surface area contributed by atoms with Gasteiger partial charge in [0.05, 0.1) is 17.7 Å².